The van der Waals surface area contributed by atoms with Gasteiger partial charge < -0.3 is 10.0 Å². The van der Waals surface area contributed by atoms with E-state index in [0.717, 1.165) is 5.56 Å². The van der Waals surface area contributed by atoms with Crippen molar-refractivity contribution in [3.8, 4) is 0 Å². The fourth-order valence-electron chi connectivity index (χ4n) is 3.23. The molecule has 3 rings (SSSR count). The largest absolute Gasteiger partial charge is 0.386 e. The van der Waals surface area contributed by atoms with E-state index in [9.17, 15) is 9.90 Å². The van der Waals surface area contributed by atoms with Gasteiger partial charge in [-0.25, -0.2) is 0 Å². The maximum Gasteiger partial charge on any atom is 0.223 e. The Bertz CT molecular complexity index is 720. The van der Waals surface area contributed by atoms with Gasteiger partial charge in [0.1, 0.15) is 6.10 Å². The highest BCUT2D eigenvalue weighted by molar-refractivity contribution is 6.42. The third-order valence-electron chi connectivity index (χ3n) is 4.48. The highest BCUT2D eigenvalue weighted by Gasteiger charge is 2.42. The highest BCUT2D eigenvalue weighted by atomic mass is 35.5. The molecular weight excluding hydrogens is 333 g/mol. The Kier molecular flexibility index (Phi) is 4.62. The number of likely N-dealkylation sites (N-methyl/N-ethyl adjacent to an activating group) is 1. The van der Waals surface area contributed by atoms with Crippen LogP contribution in [0.15, 0.2) is 48.5 Å². The number of aliphatic hydroxyl groups excluding tert-OH is 1. The molecule has 2 aromatic carbocycles. The predicted octanol–water partition coefficient (Wildman–Crippen LogP) is 4.04. The van der Waals surface area contributed by atoms with E-state index in [1.54, 1.807) is 30.1 Å². The van der Waals surface area contributed by atoms with Gasteiger partial charge in [-0.05, 0) is 23.3 Å². The number of nitrogens with zero attached hydrogens (tertiary/aromatic N) is 1. The molecule has 23 heavy (non-hydrogen) atoms. The van der Waals surface area contributed by atoms with Gasteiger partial charge in [0.2, 0.25) is 5.91 Å². The van der Waals surface area contributed by atoms with Crippen LogP contribution in [-0.4, -0.2) is 29.0 Å². The summed E-state index contributed by atoms with van der Waals surface area (Å²) in [6.07, 6.45) is -0.435. The van der Waals surface area contributed by atoms with Crippen molar-refractivity contribution in [1.29, 1.82) is 0 Å². The molecule has 3 atom stereocenters. The summed E-state index contributed by atoms with van der Waals surface area (Å²) in [5.41, 5.74) is 1.71. The number of carbonyl (C=O) groups excluding carboxylic acids is 1. The van der Waals surface area contributed by atoms with Crippen LogP contribution in [0.2, 0.25) is 10.0 Å². The Morgan fingerprint density at radius 3 is 2.48 bits per heavy atom. The van der Waals surface area contributed by atoms with Gasteiger partial charge in [-0.1, -0.05) is 59.6 Å². The van der Waals surface area contributed by atoms with E-state index in [2.05, 4.69) is 0 Å². The molecule has 1 aliphatic heterocycles. The molecule has 0 unspecified atom stereocenters. The minimum Gasteiger partial charge on any atom is -0.386 e. The molecule has 2 aromatic rings. The van der Waals surface area contributed by atoms with Gasteiger partial charge in [-0.15, -0.1) is 0 Å². The third kappa shape index (κ3) is 3.09. The van der Waals surface area contributed by atoms with Crippen molar-refractivity contribution >= 4 is 29.1 Å². The molecule has 120 valence electrons. The molecule has 1 fully saturated rings. The average Bonchev–Trinajstić information content (AvgIpc) is 2.86. The first-order valence-corrected chi connectivity index (χ1v) is 8.18. The second-order valence-corrected chi connectivity index (χ2v) is 6.65. The van der Waals surface area contributed by atoms with Crippen LogP contribution >= 0.6 is 23.2 Å². The summed E-state index contributed by atoms with van der Waals surface area (Å²) in [5.74, 6) is -0.0267. The maximum atomic E-state index is 12.2. The molecule has 0 spiro atoms. The Hall–Kier alpha value is -1.55. The SMILES string of the molecule is CN1C(=O)C[C@H](c2ccccc2)[C@@H]1[C@@H](O)c1ccc(Cl)c(Cl)c1. The van der Waals surface area contributed by atoms with Crippen molar-refractivity contribution in [2.45, 2.75) is 24.5 Å². The van der Waals surface area contributed by atoms with E-state index in [4.69, 9.17) is 23.2 Å². The van der Waals surface area contributed by atoms with Gasteiger partial charge in [0.25, 0.3) is 0 Å². The highest BCUT2D eigenvalue weighted by Crippen LogP contribution is 2.40. The molecule has 0 saturated carbocycles. The van der Waals surface area contributed by atoms with Crippen LogP contribution in [0.4, 0.5) is 0 Å². The van der Waals surface area contributed by atoms with Crippen LogP contribution < -0.4 is 0 Å². The van der Waals surface area contributed by atoms with Crippen LogP contribution in [0.3, 0.4) is 0 Å². The summed E-state index contributed by atoms with van der Waals surface area (Å²) < 4.78 is 0. The number of likely N-dealkylation sites (tertiary alicyclic amines) is 1. The molecule has 0 bridgehead atoms. The van der Waals surface area contributed by atoms with Crippen molar-refractivity contribution in [3.63, 3.8) is 0 Å². The Labute approximate surface area is 145 Å². The normalized spacial score (nSPS) is 22.4. The van der Waals surface area contributed by atoms with E-state index in [-0.39, 0.29) is 17.9 Å². The Morgan fingerprint density at radius 2 is 1.83 bits per heavy atom. The Balaban J connectivity index is 1.96. The first-order valence-electron chi connectivity index (χ1n) is 7.42. The lowest BCUT2D eigenvalue weighted by Crippen LogP contribution is -2.36. The molecule has 1 amide bonds. The van der Waals surface area contributed by atoms with Gasteiger partial charge in [0.05, 0.1) is 16.1 Å². The van der Waals surface area contributed by atoms with Crippen molar-refractivity contribution in [1.82, 2.24) is 4.90 Å². The maximum absolute atomic E-state index is 12.2. The predicted molar refractivity (Wildman–Crippen MR) is 91.8 cm³/mol. The molecule has 5 heteroatoms. The standard InChI is InChI=1S/C18H17Cl2NO2/c1-21-16(22)10-13(11-5-3-2-4-6-11)17(21)18(23)12-7-8-14(19)15(20)9-12/h2-9,13,17-18,23H,10H2,1H3/t13-,17-,18+/m1/s1. The summed E-state index contributed by atoms with van der Waals surface area (Å²) >= 11 is 12.0. The molecule has 0 radical (unpaired) electrons. The molecule has 1 N–H and O–H groups in total. The van der Waals surface area contributed by atoms with Gasteiger partial charge in [-0.3, -0.25) is 4.79 Å². The zero-order valence-corrected chi connectivity index (χ0v) is 14.1. The Morgan fingerprint density at radius 1 is 1.13 bits per heavy atom. The number of benzene rings is 2. The van der Waals surface area contributed by atoms with E-state index >= 15 is 0 Å². The molecule has 0 aliphatic carbocycles. The lowest BCUT2D eigenvalue weighted by molar-refractivity contribution is -0.128. The minimum atomic E-state index is -0.827. The smallest absolute Gasteiger partial charge is 0.223 e. The number of rotatable bonds is 3. The fourth-order valence-corrected chi connectivity index (χ4v) is 3.54. The van der Waals surface area contributed by atoms with Crippen LogP contribution in [0, 0.1) is 0 Å². The van der Waals surface area contributed by atoms with E-state index in [1.807, 2.05) is 30.3 Å². The van der Waals surface area contributed by atoms with Gasteiger partial charge in [0.15, 0.2) is 0 Å². The van der Waals surface area contributed by atoms with Gasteiger partial charge in [-0.2, -0.15) is 0 Å². The molecule has 1 saturated heterocycles. The molecule has 0 aromatic heterocycles. The van der Waals surface area contributed by atoms with Gasteiger partial charge >= 0.3 is 0 Å². The molecular formula is C18H17Cl2NO2. The first kappa shape index (κ1) is 16.3. The zero-order chi connectivity index (χ0) is 16.6. The molecule has 1 heterocycles. The van der Waals surface area contributed by atoms with E-state index in [1.165, 1.54) is 0 Å². The number of amides is 1. The summed E-state index contributed by atoms with van der Waals surface area (Å²) in [7, 11) is 1.73. The van der Waals surface area contributed by atoms with Crippen LogP contribution in [0.5, 0.6) is 0 Å². The van der Waals surface area contributed by atoms with Crippen molar-refractivity contribution in [2.24, 2.45) is 0 Å². The summed E-state index contributed by atoms with van der Waals surface area (Å²) in [6.45, 7) is 0. The topological polar surface area (TPSA) is 40.5 Å². The lowest BCUT2D eigenvalue weighted by atomic mass is 9.86. The van der Waals surface area contributed by atoms with Crippen LogP contribution in [-0.2, 0) is 4.79 Å². The monoisotopic (exact) mass is 349 g/mol. The quantitative estimate of drug-likeness (QED) is 0.908. The molecule has 3 nitrogen and oxygen atoms in total. The number of halogens is 2. The van der Waals surface area contributed by atoms with Crippen molar-refractivity contribution < 1.29 is 9.90 Å². The number of carbonyl (C=O) groups is 1. The van der Waals surface area contributed by atoms with Crippen molar-refractivity contribution in [2.75, 3.05) is 7.05 Å². The van der Waals surface area contributed by atoms with Crippen LogP contribution in [0.25, 0.3) is 0 Å². The second-order valence-electron chi connectivity index (χ2n) is 5.83. The third-order valence-corrected chi connectivity index (χ3v) is 5.22. The average molecular weight is 350 g/mol. The summed E-state index contributed by atoms with van der Waals surface area (Å²) in [6, 6.07) is 14.6. The van der Waals surface area contributed by atoms with E-state index < -0.39 is 6.10 Å². The number of hydrogen-bond donors (Lipinski definition) is 1. The van der Waals surface area contributed by atoms with Crippen molar-refractivity contribution in [3.05, 3.63) is 69.7 Å². The number of hydrogen-bond acceptors (Lipinski definition) is 2. The summed E-state index contributed by atoms with van der Waals surface area (Å²) in [4.78, 5) is 13.8. The van der Waals surface area contributed by atoms with E-state index in [0.29, 0.717) is 22.0 Å². The minimum absolute atomic E-state index is 0.0305. The second kappa shape index (κ2) is 6.52. The zero-order valence-electron chi connectivity index (χ0n) is 12.6. The number of aliphatic hydroxyl groups is 1. The van der Waals surface area contributed by atoms with Crippen LogP contribution in [0.1, 0.15) is 29.6 Å². The van der Waals surface area contributed by atoms with Gasteiger partial charge in [0, 0.05) is 19.4 Å². The first-order chi connectivity index (χ1) is 11.0. The fraction of sp³-hybridized carbons (Fsp3) is 0.278. The summed E-state index contributed by atoms with van der Waals surface area (Å²) in [5, 5.41) is 11.7. The lowest BCUT2D eigenvalue weighted by Gasteiger charge is -2.30. The molecule has 1 aliphatic rings.